The first kappa shape index (κ1) is 14.4. The highest BCUT2D eigenvalue weighted by molar-refractivity contribution is 5.82. The van der Waals surface area contributed by atoms with Gasteiger partial charge in [-0.3, -0.25) is 4.79 Å². The summed E-state index contributed by atoms with van der Waals surface area (Å²) in [4.78, 5) is 13.3. The standard InChI is InChI=1S/C16H22N2O2/c1-4-11-20-14-5-6-15-13(12-14)7-9-18(15)10-8-16(19)17(2)3/h5-7,9,12H,4,8,10-11H2,1-3H3. The number of rotatable bonds is 6. The second-order valence-corrected chi connectivity index (χ2v) is 5.12. The van der Waals surface area contributed by atoms with E-state index in [2.05, 4.69) is 29.7 Å². The number of carbonyl (C=O) groups is 1. The summed E-state index contributed by atoms with van der Waals surface area (Å²) in [5.41, 5.74) is 1.14. The Balaban J connectivity index is 2.10. The van der Waals surface area contributed by atoms with Gasteiger partial charge in [0.05, 0.1) is 6.61 Å². The summed E-state index contributed by atoms with van der Waals surface area (Å²) >= 11 is 0. The summed E-state index contributed by atoms with van der Waals surface area (Å²) in [7, 11) is 3.57. The Morgan fingerprint density at radius 1 is 1.30 bits per heavy atom. The Hall–Kier alpha value is -1.97. The van der Waals surface area contributed by atoms with Crippen molar-refractivity contribution in [1.82, 2.24) is 9.47 Å². The van der Waals surface area contributed by atoms with Crippen LogP contribution in [0.5, 0.6) is 5.75 Å². The minimum absolute atomic E-state index is 0.148. The molecule has 0 spiro atoms. The minimum atomic E-state index is 0.148. The molecule has 0 saturated heterocycles. The minimum Gasteiger partial charge on any atom is -0.494 e. The fourth-order valence-electron chi connectivity index (χ4n) is 2.12. The zero-order chi connectivity index (χ0) is 14.5. The maximum Gasteiger partial charge on any atom is 0.223 e. The van der Waals surface area contributed by atoms with Gasteiger partial charge in [-0.1, -0.05) is 6.92 Å². The number of hydrogen-bond acceptors (Lipinski definition) is 2. The van der Waals surface area contributed by atoms with Gasteiger partial charge in [0.1, 0.15) is 5.75 Å². The molecule has 0 aliphatic heterocycles. The van der Waals surface area contributed by atoms with E-state index in [-0.39, 0.29) is 5.91 Å². The van der Waals surface area contributed by atoms with Crippen molar-refractivity contribution >= 4 is 16.8 Å². The molecular weight excluding hydrogens is 252 g/mol. The summed E-state index contributed by atoms with van der Waals surface area (Å²) in [6.45, 7) is 3.54. The molecule has 0 aliphatic rings. The van der Waals surface area contributed by atoms with Crippen molar-refractivity contribution in [2.75, 3.05) is 20.7 Å². The molecule has 20 heavy (non-hydrogen) atoms. The van der Waals surface area contributed by atoms with Crippen LogP contribution in [-0.2, 0) is 11.3 Å². The molecule has 0 saturated carbocycles. The van der Waals surface area contributed by atoms with Gasteiger partial charge < -0.3 is 14.2 Å². The molecule has 2 rings (SSSR count). The summed E-state index contributed by atoms with van der Waals surface area (Å²) in [5, 5.41) is 1.15. The molecule has 0 fully saturated rings. The first-order chi connectivity index (χ1) is 9.61. The van der Waals surface area contributed by atoms with E-state index < -0.39 is 0 Å². The van der Waals surface area contributed by atoms with E-state index in [1.807, 2.05) is 12.3 Å². The largest absolute Gasteiger partial charge is 0.494 e. The molecule has 0 bridgehead atoms. The predicted octanol–water partition coefficient (Wildman–Crippen LogP) is 2.91. The van der Waals surface area contributed by atoms with Crippen LogP contribution in [-0.4, -0.2) is 36.1 Å². The zero-order valence-corrected chi connectivity index (χ0v) is 12.4. The van der Waals surface area contributed by atoms with E-state index >= 15 is 0 Å². The van der Waals surface area contributed by atoms with Crippen molar-refractivity contribution in [2.24, 2.45) is 0 Å². The Labute approximate surface area is 119 Å². The molecule has 0 N–H and O–H groups in total. The van der Waals surface area contributed by atoms with Gasteiger partial charge in [-0.15, -0.1) is 0 Å². The van der Waals surface area contributed by atoms with Crippen LogP contribution in [0.1, 0.15) is 19.8 Å². The van der Waals surface area contributed by atoms with Crippen molar-refractivity contribution in [2.45, 2.75) is 26.3 Å². The maximum absolute atomic E-state index is 11.6. The molecule has 1 aromatic heterocycles. The maximum atomic E-state index is 11.6. The van der Waals surface area contributed by atoms with Crippen molar-refractivity contribution in [3.8, 4) is 5.75 Å². The molecule has 1 amide bonds. The van der Waals surface area contributed by atoms with Crippen LogP contribution in [0.3, 0.4) is 0 Å². The monoisotopic (exact) mass is 274 g/mol. The van der Waals surface area contributed by atoms with Gasteiger partial charge in [0, 0.05) is 44.2 Å². The van der Waals surface area contributed by atoms with E-state index in [0.717, 1.165) is 29.7 Å². The lowest BCUT2D eigenvalue weighted by Crippen LogP contribution is -2.22. The highest BCUT2D eigenvalue weighted by atomic mass is 16.5. The number of amides is 1. The molecule has 0 radical (unpaired) electrons. The SMILES string of the molecule is CCCOc1ccc2c(ccn2CCC(=O)N(C)C)c1. The highest BCUT2D eigenvalue weighted by Crippen LogP contribution is 2.22. The van der Waals surface area contributed by atoms with Gasteiger partial charge in [0.2, 0.25) is 5.91 Å². The predicted molar refractivity (Wildman–Crippen MR) is 81.0 cm³/mol. The molecule has 108 valence electrons. The Morgan fingerprint density at radius 3 is 2.80 bits per heavy atom. The van der Waals surface area contributed by atoms with Gasteiger partial charge in [0.15, 0.2) is 0 Å². The first-order valence-electron chi connectivity index (χ1n) is 7.03. The van der Waals surface area contributed by atoms with Gasteiger partial charge >= 0.3 is 0 Å². The van der Waals surface area contributed by atoms with Gasteiger partial charge in [-0.05, 0) is 30.7 Å². The van der Waals surface area contributed by atoms with Crippen molar-refractivity contribution < 1.29 is 9.53 Å². The molecule has 0 atom stereocenters. The Bertz CT molecular complexity index is 587. The van der Waals surface area contributed by atoms with Crippen LogP contribution in [0, 0.1) is 0 Å². The summed E-state index contributed by atoms with van der Waals surface area (Å²) in [6, 6.07) is 8.16. The smallest absolute Gasteiger partial charge is 0.223 e. The number of nitrogens with zero attached hydrogens (tertiary/aromatic N) is 2. The first-order valence-corrected chi connectivity index (χ1v) is 7.03. The average Bonchev–Trinajstić information content (AvgIpc) is 2.84. The molecule has 1 aromatic carbocycles. The number of hydrogen-bond donors (Lipinski definition) is 0. The second kappa shape index (κ2) is 6.46. The zero-order valence-electron chi connectivity index (χ0n) is 12.4. The quantitative estimate of drug-likeness (QED) is 0.811. The summed E-state index contributed by atoms with van der Waals surface area (Å²) in [5.74, 6) is 1.05. The Kier molecular flexibility index (Phi) is 4.66. The molecule has 2 aromatic rings. The average molecular weight is 274 g/mol. The normalized spacial score (nSPS) is 10.8. The van der Waals surface area contributed by atoms with Crippen molar-refractivity contribution in [1.29, 1.82) is 0 Å². The number of carbonyl (C=O) groups excluding carboxylic acids is 1. The van der Waals surface area contributed by atoms with Crippen molar-refractivity contribution in [3.05, 3.63) is 30.5 Å². The lowest BCUT2D eigenvalue weighted by molar-refractivity contribution is -0.128. The third-order valence-corrected chi connectivity index (χ3v) is 3.28. The third-order valence-electron chi connectivity index (χ3n) is 3.28. The topological polar surface area (TPSA) is 34.5 Å². The Morgan fingerprint density at radius 2 is 2.10 bits per heavy atom. The van der Waals surface area contributed by atoms with Crippen molar-refractivity contribution in [3.63, 3.8) is 0 Å². The molecule has 4 heteroatoms. The molecule has 1 heterocycles. The van der Waals surface area contributed by atoms with E-state index in [4.69, 9.17) is 4.74 Å². The number of aryl methyl sites for hydroxylation is 1. The van der Waals surface area contributed by atoms with E-state index in [0.29, 0.717) is 13.0 Å². The van der Waals surface area contributed by atoms with Crippen LogP contribution < -0.4 is 4.74 Å². The molecule has 0 unspecified atom stereocenters. The van der Waals surface area contributed by atoms with Crippen LogP contribution in [0.4, 0.5) is 0 Å². The fraction of sp³-hybridized carbons (Fsp3) is 0.438. The summed E-state index contributed by atoms with van der Waals surface area (Å²) in [6.07, 6.45) is 3.55. The number of benzene rings is 1. The summed E-state index contributed by atoms with van der Waals surface area (Å²) < 4.78 is 7.74. The van der Waals surface area contributed by atoms with Gasteiger partial charge in [0.25, 0.3) is 0 Å². The molecule has 4 nitrogen and oxygen atoms in total. The number of aromatic nitrogens is 1. The van der Waals surface area contributed by atoms with Crippen LogP contribution in [0.25, 0.3) is 10.9 Å². The lowest BCUT2D eigenvalue weighted by Gasteiger charge is -2.11. The number of fused-ring (bicyclic) bond motifs is 1. The lowest BCUT2D eigenvalue weighted by atomic mass is 10.2. The molecule has 0 aliphatic carbocycles. The van der Waals surface area contributed by atoms with Gasteiger partial charge in [-0.2, -0.15) is 0 Å². The van der Waals surface area contributed by atoms with Crippen LogP contribution in [0.15, 0.2) is 30.5 Å². The number of ether oxygens (including phenoxy) is 1. The van der Waals surface area contributed by atoms with Crippen LogP contribution in [0.2, 0.25) is 0 Å². The van der Waals surface area contributed by atoms with Crippen LogP contribution >= 0.6 is 0 Å². The van der Waals surface area contributed by atoms with E-state index in [9.17, 15) is 4.79 Å². The fourth-order valence-corrected chi connectivity index (χ4v) is 2.12. The third kappa shape index (κ3) is 3.32. The molecular formula is C16H22N2O2. The van der Waals surface area contributed by atoms with E-state index in [1.165, 1.54) is 0 Å². The second-order valence-electron chi connectivity index (χ2n) is 5.12. The van der Waals surface area contributed by atoms with Gasteiger partial charge in [-0.25, -0.2) is 0 Å². The highest BCUT2D eigenvalue weighted by Gasteiger charge is 2.07. The van der Waals surface area contributed by atoms with E-state index in [1.54, 1.807) is 19.0 Å².